The third kappa shape index (κ3) is 1.92. The Kier molecular flexibility index (Phi) is 2.76. The quantitative estimate of drug-likeness (QED) is 0.738. The van der Waals surface area contributed by atoms with Gasteiger partial charge >= 0.3 is 12.1 Å². The summed E-state index contributed by atoms with van der Waals surface area (Å²) in [5.41, 5.74) is -0.886. The van der Waals surface area contributed by atoms with Crippen LogP contribution in [0.2, 0.25) is 0 Å². The molecule has 2 aromatic rings. The van der Waals surface area contributed by atoms with Crippen LogP contribution in [-0.2, 0) is 10.9 Å². The molecule has 96 valence electrons. The van der Waals surface area contributed by atoms with Crippen LogP contribution in [0.15, 0.2) is 18.3 Å². The predicted molar refractivity (Wildman–Crippen MR) is 56.3 cm³/mol. The zero-order chi connectivity index (χ0) is 13.5. The van der Waals surface area contributed by atoms with Gasteiger partial charge in [0.15, 0.2) is 5.69 Å². The number of alkyl halides is 3. The first-order valence-corrected chi connectivity index (χ1v) is 4.99. The highest BCUT2D eigenvalue weighted by atomic mass is 19.4. The van der Waals surface area contributed by atoms with Crippen LogP contribution in [0.1, 0.15) is 21.9 Å². The van der Waals surface area contributed by atoms with Crippen molar-refractivity contribution in [2.24, 2.45) is 0 Å². The number of methoxy groups -OCH3 is 1. The van der Waals surface area contributed by atoms with Gasteiger partial charge < -0.3 is 9.14 Å². The van der Waals surface area contributed by atoms with Crippen LogP contribution in [0.3, 0.4) is 0 Å². The molecule has 2 aromatic heterocycles. The number of ether oxygens (including phenoxy) is 1. The van der Waals surface area contributed by atoms with Gasteiger partial charge in [0.25, 0.3) is 0 Å². The standard InChI is InChI=1S/C11H9F3N2O2/c1-6-15-9(11(12,13)14)8-4-3-7(5-16(6)8)10(17)18-2/h3-5H,1-2H3. The molecule has 0 aliphatic carbocycles. The number of imidazole rings is 1. The fourth-order valence-electron chi connectivity index (χ4n) is 1.68. The molecule has 0 aliphatic heterocycles. The van der Waals surface area contributed by atoms with E-state index in [9.17, 15) is 18.0 Å². The van der Waals surface area contributed by atoms with Gasteiger partial charge in [-0.15, -0.1) is 0 Å². The third-order valence-electron chi connectivity index (χ3n) is 2.50. The second kappa shape index (κ2) is 4.01. The summed E-state index contributed by atoms with van der Waals surface area (Å²) < 4.78 is 43.8. The molecule has 0 unspecified atom stereocenters. The lowest BCUT2D eigenvalue weighted by atomic mass is 10.2. The van der Waals surface area contributed by atoms with Gasteiger partial charge in [-0.05, 0) is 19.1 Å². The molecule has 0 aromatic carbocycles. The molecule has 0 bridgehead atoms. The summed E-state index contributed by atoms with van der Waals surface area (Å²) in [7, 11) is 1.20. The monoisotopic (exact) mass is 258 g/mol. The second-order valence-corrected chi connectivity index (χ2v) is 3.67. The van der Waals surface area contributed by atoms with Gasteiger partial charge in [-0.2, -0.15) is 13.2 Å². The normalized spacial score (nSPS) is 11.8. The van der Waals surface area contributed by atoms with E-state index in [1.54, 1.807) is 0 Å². The molecule has 7 heteroatoms. The minimum Gasteiger partial charge on any atom is -0.465 e. The molecule has 2 heterocycles. The summed E-state index contributed by atoms with van der Waals surface area (Å²) >= 11 is 0. The Hall–Kier alpha value is -2.05. The van der Waals surface area contributed by atoms with Gasteiger partial charge in [0, 0.05) is 6.20 Å². The zero-order valence-electron chi connectivity index (χ0n) is 9.58. The second-order valence-electron chi connectivity index (χ2n) is 3.67. The predicted octanol–water partition coefficient (Wildman–Crippen LogP) is 2.45. The van der Waals surface area contributed by atoms with Crippen molar-refractivity contribution in [3.8, 4) is 0 Å². The summed E-state index contributed by atoms with van der Waals surface area (Å²) in [5, 5.41) is 0. The molecule has 4 nitrogen and oxygen atoms in total. The van der Waals surface area contributed by atoms with E-state index in [1.165, 1.54) is 36.8 Å². The topological polar surface area (TPSA) is 43.6 Å². The number of hydrogen-bond donors (Lipinski definition) is 0. The lowest BCUT2D eigenvalue weighted by Crippen LogP contribution is -2.07. The van der Waals surface area contributed by atoms with Crippen molar-refractivity contribution in [2.45, 2.75) is 13.1 Å². The number of halogens is 3. The molecule has 0 spiro atoms. The van der Waals surface area contributed by atoms with E-state index in [0.717, 1.165) is 0 Å². The Morgan fingerprint density at radius 3 is 2.61 bits per heavy atom. The number of aromatic nitrogens is 2. The number of fused-ring (bicyclic) bond motifs is 1. The van der Waals surface area contributed by atoms with Crippen LogP contribution in [0.5, 0.6) is 0 Å². The van der Waals surface area contributed by atoms with Crippen LogP contribution in [0.25, 0.3) is 5.52 Å². The number of nitrogens with zero attached hydrogens (tertiary/aromatic N) is 2. The van der Waals surface area contributed by atoms with Gasteiger partial charge in [0.2, 0.25) is 0 Å². The zero-order valence-corrected chi connectivity index (χ0v) is 9.58. The van der Waals surface area contributed by atoms with Gasteiger partial charge in [-0.3, -0.25) is 0 Å². The first-order valence-electron chi connectivity index (χ1n) is 4.99. The highest BCUT2D eigenvalue weighted by molar-refractivity contribution is 5.89. The van der Waals surface area contributed by atoms with E-state index >= 15 is 0 Å². The fourth-order valence-corrected chi connectivity index (χ4v) is 1.68. The van der Waals surface area contributed by atoms with E-state index in [0.29, 0.717) is 0 Å². The number of rotatable bonds is 1. The van der Waals surface area contributed by atoms with Crippen LogP contribution in [0, 0.1) is 6.92 Å². The van der Waals surface area contributed by atoms with Gasteiger partial charge in [-0.1, -0.05) is 0 Å². The van der Waals surface area contributed by atoms with Crippen LogP contribution in [0.4, 0.5) is 13.2 Å². The first-order chi connectivity index (χ1) is 8.34. The summed E-state index contributed by atoms with van der Waals surface area (Å²) in [6.45, 7) is 1.43. The number of aryl methyl sites for hydroxylation is 1. The average Bonchev–Trinajstić information content (AvgIpc) is 2.65. The van der Waals surface area contributed by atoms with Crippen LogP contribution < -0.4 is 0 Å². The molecule has 18 heavy (non-hydrogen) atoms. The minimum absolute atomic E-state index is 0.0901. The number of hydrogen-bond acceptors (Lipinski definition) is 3. The maximum Gasteiger partial charge on any atom is 0.435 e. The first kappa shape index (κ1) is 12.4. The van der Waals surface area contributed by atoms with Gasteiger partial charge in [0.1, 0.15) is 5.82 Å². The summed E-state index contributed by atoms with van der Waals surface area (Å²) in [6.07, 6.45) is -3.25. The molecule has 0 N–H and O–H groups in total. The van der Waals surface area contributed by atoms with Gasteiger partial charge in [-0.25, -0.2) is 9.78 Å². The van der Waals surface area contributed by atoms with E-state index in [-0.39, 0.29) is 16.9 Å². The van der Waals surface area contributed by atoms with Crippen LogP contribution >= 0.6 is 0 Å². The van der Waals surface area contributed by atoms with E-state index < -0.39 is 17.8 Å². The van der Waals surface area contributed by atoms with E-state index in [1.807, 2.05) is 0 Å². The summed E-state index contributed by atoms with van der Waals surface area (Å²) in [4.78, 5) is 14.8. The lowest BCUT2D eigenvalue weighted by molar-refractivity contribution is -0.139. The molecule has 0 aliphatic rings. The number of carbonyl (C=O) groups excluding carboxylic acids is 1. The van der Waals surface area contributed by atoms with Crippen molar-refractivity contribution in [3.05, 3.63) is 35.4 Å². The van der Waals surface area contributed by atoms with Crippen molar-refractivity contribution in [3.63, 3.8) is 0 Å². The molecule has 0 fully saturated rings. The smallest absolute Gasteiger partial charge is 0.435 e. The SMILES string of the molecule is COC(=O)c1ccc2c(C(F)(F)F)nc(C)n2c1. The third-order valence-corrected chi connectivity index (χ3v) is 2.50. The number of carbonyl (C=O) groups is 1. The highest BCUT2D eigenvalue weighted by Crippen LogP contribution is 2.32. The molecule has 0 amide bonds. The van der Waals surface area contributed by atoms with Crippen molar-refractivity contribution in [1.29, 1.82) is 0 Å². The Morgan fingerprint density at radius 2 is 2.06 bits per heavy atom. The average molecular weight is 258 g/mol. The molecule has 0 saturated heterocycles. The Bertz CT molecular complexity index is 617. The maximum atomic E-state index is 12.7. The molecule has 2 rings (SSSR count). The summed E-state index contributed by atoms with van der Waals surface area (Å²) in [5.74, 6) is -0.457. The molecular formula is C11H9F3N2O2. The number of esters is 1. The molecule has 0 atom stereocenters. The van der Waals surface area contributed by atoms with Crippen molar-refractivity contribution in [2.75, 3.05) is 7.11 Å². The van der Waals surface area contributed by atoms with E-state index in [2.05, 4.69) is 9.72 Å². The molecule has 0 radical (unpaired) electrons. The molecular weight excluding hydrogens is 249 g/mol. The Morgan fingerprint density at radius 1 is 1.39 bits per heavy atom. The van der Waals surface area contributed by atoms with Crippen molar-refractivity contribution < 1.29 is 22.7 Å². The highest BCUT2D eigenvalue weighted by Gasteiger charge is 2.36. The Balaban J connectivity index is 2.66. The van der Waals surface area contributed by atoms with Crippen LogP contribution in [-0.4, -0.2) is 22.5 Å². The van der Waals surface area contributed by atoms with Crippen molar-refractivity contribution in [1.82, 2.24) is 9.38 Å². The summed E-state index contributed by atoms with van der Waals surface area (Å²) in [6, 6.07) is 2.48. The maximum absolute atomic E-state index is 12.7. The van der Waals surface area contributed by atoms with Crippen molar-refractivity contribution >= 4 is 11.5 Å². The lowest BCUT2D eigenvalue weighted by Gasteiger charge is -2.04. The minimum atomic E-state index is -4.52. The van der Waals surface area contributed by atoms with E-state index in [4.69, 9.17) is 0 Å². The number of pyridine rings is 1. The van der Waals surface area contributed by atoms with Gasteiger partial charge in [0.05, 0.1) is 18.2 Å². The fraction of sp³-hybridized carbons (Fsp3) is 0.273. The molecule has 0 saturated carbocycles. The largest absolute Gasteiger partial charge is 0.465 e. The Labute approximate surface area is 100 Å².